The summed E-state index contributed by atoms with van der Waals surface area (Å²) in [6, 6.07) is 0.155. The van der Waals surface area contributed by atoms with Crippen molar-refractivity contribution in [2.24, 2.45) is 5.41 Å². The number of nitrogens with one attached hydrogen (secondary N) is 2. The standard InChI is InChI=1S/C17H17FN4O6/c1-7-6-21-12-9(3-10(22(26)27)4-11(12)18)5-17(13(21)8(2)28-7)14(23)19-16(25)20-15(17)24/h3-4,7-8,13H,5-6H2,1-2H3,(H2,19,20,23,24,25)/t7-,8+,13-/m0/s1. The van der Waals surface area contributed by atoms with Crippen LogP contribution in [0.4, 0.5) is 20.6 Å². The van der Waals surface area contributed by atoms with Gasteiger partial charge in [0.15, 0.2) is 11.2 Å². The number of nitrogens with zero attached hydrogens (tertiary/aromatic N) is 2. The van der Waals surface area contributed by atoms with E-state index in [1.807, 2.05) is 0 Å². The Morgan fingerprint density at radius 2 is 1.89 bits per heavy atom. The van der Waals surface area contributed by atoms with Gasteiger partial charge in [-0.3, -0.25) is 30.3 Å². The molecule has 1 aromatic carbocycles. The highest BCUT2D eigenvalue weighted by molar-refractivity contribution is 6.20. The van der Waals surface area contributed by atoms with Crippen molar-refractivity contribution in [3.63, 3.8) is 0 Å². The highest BCUT2D eigenvalue weighted by Gasteiger charge is 2.63. The van der Waals surface area contributed by atoms with Crippen LogP contribution in [-0.4, -0.2) is 47.6 Å². The number of fused-ring (bicyclic) bond motifs is 4. The van der Waals surface area contributed by atoms with E-state index in [1.54, 1.807) is 18.7 Å². The number of hydrogen-bond donors (Lipinski definition) is 2. The van der Waals surface area contributed by atoms with Crippen LogP contribution in [0.5, 0.6) is 0 Å². The summed E-state index contributed by atoms with van der Waals surface area (Å²) >= 11 is 0. The maximum absolute atomic E-state index is 14.9. The topological polar surface area (TPSA) is 131 Å². The summed E-state index contributed by atoms with van der Waals surface area (Å²) in [5, 5.41) is 15.4. The number of benzene rings is 1. The number of carbonyl (C=O) groups is 3. The predicted molar refractivity (Wildman–Crippen MR) is 92.0 cm³/mol. The average molecular weight is 392 g/mol. The molecular formula is C17H17FN4O6. The average Bonchev–Trinajstić information content (AvgIpc) is 2.58. The van der Waals surface area contributed by atoms with Crippen molar-refractivity contribution in [3.8, 4) is 0 Å². The number of nitro groups is 1. The molecule has 4 amide bonds. The van der Waals surface area contributed by atoms with Gasteiger partial charge in [0.2, 0.25) is 11.8 Å². The van der Waals surface area contributed by atoms with E-state index in [0.717, 1.165) is 12.1 Å². The smallest absolute Gasteiger partial charge is 0.328 e. The Labute approximate surface area is 158 Å². The van der Waals surface area contributed by atoms with E-state index in [-0.39, 0.29) is 30.3 Å². The number of carbonyl (C=O) groups excluding carboxylic acids is 3. The monoisotopic (exact) mass is 392 g/mol. The van der Waals surface area contributed by atoms with Crippen LogP contribution >= 0.6 is 0 Å². The van der Waals surface area contributed by atoms with E-state index in [1.165, 1.54) is 0 Å². The van der Waals surface area contributed by atoms with Crippen molar-refractivity contribution < 1.29 is 28.4 Å². The molecule has 1 aromatic rings. The Morgan fingerprint density at radius 3 is 2.50 bits per heavy atom. The Bertz CT molecular complexity index is 914. The van der Waals surface area contributed by atoms with Gasteiger partial charge in [-0.05, 0) is 19.4 Å². The molecule has 148 valence electrons. The molecule has 3 aliphatic heterocycles. The normalized spacial score (nSPS) is 28.3. The minimum Gasteiger partial charge on any atom is -0.372 e. The van der Waals surface area contributed by atoms with Gasteiger partial charge in [0, 0.05) is 19.0 Å². The van der Waals surface area contributed by atoms with Crippen LogP contribution in [0.15, 0.2) is 12.1 Å². The van der Waals surface area contributed by atoms with Crippen molar-refractivity contribution in [1.82, 2.24) is 10.6 Å². The summed E-state index contributed by atoms with van der Waals surface area (Å²) in [5.41, 5.74) is -2.00. The summed E-state index contributed by atoms with van der Waals surface area (Å²) in [6.45, 7) is 3.61. The zero-order chi connectivity index (χ0) is 20.4. The second kappa shape index (κ2) is 5.96. The summed E-state index contributed by atoms with van der Waals surface area (Å²) in [7, 11) is 0. The van der Waals surface area contributed by atoms with Gasteiger partial charge in [-0.1, -0.05) is 0 Å². The number of rotatable bonds is 1. The lowest BCUT2D eigenvalue weighted by Gasteiger charge is -2.55. The second-order valence-electron chi connectivity index (χ2n) is 7.33. The maximum Gasteiger partial charge on any atom is 0.328 e. The van der Waals surface area contributed by atoms with Gasteiger partial charge < -0.3 is 9.64 Å². The predicted octanol–water partition coefficient (Wildman–Crippen LogP) is 0.625. The fourth-order valence-corrected chi connectivity index (χ4v) is 4.62. The van der Waals surface area contributed by atoms with Crippen LogP contribution < -0.4 is 15.5 Å². The Hall–Kier alpha value is -3.08. The highest BCUT2D eigenvalue weighted by Crippen LogP contribution is 2.48. The molecule has 0 radical (unpaired) electrons. The largest absolute Gasteiger partial charge is 0.372 e. The molecule has 0 bridgehead atoms. The number of amides is 4. The number of ether oxygens (including phenoxy) is 1. The molecule has 4 rings (SSSR count). The number of imide groups is 2. The molecule has 10 nitrogen and oxygen atoms in total. The van der Waals surface area contributed by atoms with Crippen LogP contribution in [-0.2, 0) is 20.7 Å². The molecule has 0 unspecified atom stereocenters. The first-order chi connectivity index (χ1) is 13.1. The number of barbiturate groups is 1. The van der Waals surface area contributed by atoms with Gasteiger partial charge in [-0.25, -0.2) is 9.18 Å². The minimum atomic E-state index is -1.79. The van der Waals surface area contributed by atoms with E-state index in [9.17, 15) is 28.9 Å². The van der Waals surface area contributed by atoms with Crippen LogP contribution in [0.3, 0.4) is 0 Å². The number of halogens is 1. The molecule has 0 aliphatic carbocycles. The number of anilines is 1. The van der Waals surface area contributed by atoms with Crippen LogP contribution in [0, 0.1) is 21.3 Å². The number of non-ortho nitro benzene ring substituents is 1. The number of nitro benzene ring substituents is 1. The molecule has 2 N–H and O–H groups in total. The molecule has 0 aromatic heterocycles. The first kappa shape index (κ1) is 18.3. The van der Waals surface area contributed by atoms with Crippen molar-refractivity contribution in [3.05, 3.63) is 33.6 Å². The van der Waals surface area contributed by atoms with Crippen molar-refractivity contribution in [2.45, 2.75) is 38.5 Å². The molecule has 0 saturated carbocycles. The summed E-state index contributed by atoms with van der Waals surface area (Å²) in [6.07, 6.45) is -1.27. The molecule has 1 spiro atoms. The summed E-state index contributed by atoms with van der Waals surface area (Å²) in [4.78, 5) is 49.3. The molecular weight excluding hydrogens is 375 g/mol. The third kappa shape index (κ3) is 2.39. The number of hydrogen-bond acceptors (Lipinski definition) is 7. The highest BCUT2D eigenvalue weighted by atomic mass is 19.1. The van der Waals surface area contributed by atoms with E-state index in [4.69, 9.17) is 4.74 Å². The summed E-state index contributed by atoms with van der Waals surface area (Å²) < 4.78 is 20.7. The third-order valence-corrected chi connectivity index (χ3v) is 5.55. The molecule has 3 atom stereocenters. The molecule has 11 heteroatoms. The van der Waals surface area contributed by atoms with Crippen molar-refractivity contribution in [2.75, 3.05) is 11.4 Å². The molecule has 3 aliphatic rings. The van der Waals surface area contributed by atoms with Crippen LogP contribution in [0.25, 0.3) is 0 Å². The Kier molecular flexibility index (Phi) is 3.89. The van der Waals surface area contributed by atoms with E-state index < -0.39 is 51.8 Å². The van der Waals surface area contributed by atoms with Crippen molar-refractivity contribution >= 4 is 29.2 Å². The molecule has 2 fully saturated rings. The van der Waals surface area contributed by atoms with E-state index in [0.29, 0.717) is 0 Å². The summed E-state index contributed by atoms with van der Waals surface area (Å²) in [5.74, 6) is -2.48. The fourth-order valence-electron chi connectivity index (χ4n) is 4.62. The van der Waals surface area contributed by atoms with Gasteiger partial charge in [-0.15, -0.1) is 0 Å². The van der Waals surface area contributed by atoms with Crippen LogP contribution in [0.2, 0.25) is 0 Å². The van der Waals surface area contributed by atoms with Gasteiger partial charge in [-0.2, -0.15) is 0 Å². The quantitative estimate of drug-likeness (QED) is 0.407. The second-order valence-corrected chi connectivity index (χ2v) is 7.33. The first-order valence-electron chi connectivity index (χ1n) is 8.71. The van der Waals surface area contributed by atoms with Gasteiger partial charge in [0.1, 0.15) is 0 Å². The SMILES string of the molecule is C[C@H]1CN2c3c(F)cc([N+](=O)[O-])cc3CC3(C(=O)NC(=O)NC3=O)[C@@H]2[C@@H](C)O1. The van der Waals surface area contributed by atoms with Crippen molar-refractivity contribution in [1.29, 1.82) is 0 Å². The maximum atomic E-state index is 14.9. The zero-order valence-corrected chi connectivity index (χ0v) is 15.0. The molecule has 3 heterocycles. The van der Waals surface area contributed by atoms with E-state index in [2.05, 4.69) is 10.6 Å². The lowest BCUT2D eigenvalue weighted by Crippen LogP contribution is -2.75. The number of urea groups is 1. The minimum absolute atomic E-state index is 0.112. The lowest BCUT2D eigenvalue weighted by atomic mass is 9.66. The Morgan fingerprint density at radius 1 is 1.25 bits per heavy atom. The van der Waals surface area contributed by atoms with Gasteiger partial charge in [0.25, 0.3) is 5.69 Å². The van der Waals surface area contributed by atoms with Crippen LogP contribution in [0.1, 0.15) is 19.4 Å². The fraction of sp³-hybridized carbons (Fsp3) is 0.471. The third-order valence-electron chi connectivity index (χ3n) is 5.55. The molecule has 2 saturated heterocycles. The number of morpholine rings is 1. The molecule has 28 heavy (non-hydrogen) atoms. The lowest BCUT2D eigenvalue weighted by molar-refractivity contribution is -0.385. The van der Waals surface area contributed by atoms with E-state index >= 15 is 0 Å². The van der Waals surface area contributed by atoms with Gasteiger partial charge in [0.05, 0.1) is 34.9 Å². The first-order valence-corrected chi connectivity index (χ1v) is 8.71. The zero-order valence-electron chi connectivity index (χ0n) is 15.0. The van der Waals surface area contributed by atoms with Gasteiger partial charge >= 0.3 is 6.03 Å². The Balaban J connectivity index is 1.96.